The number of likely N-dealkylation sites (tertiary alicyclic amines) is 1. The molecule has 1 N–H and O–H groups in total. The van der Waals surface area contributed by atoms with Gasteiger partial charge in [-0.25, -0.2) is 0 Å². The maximum Gasteiger partial charge on any atom is 0.193 e. The third-order valence-electron chi connectivity index (χ3n) is 6.25. The van der Waals surface area contributed by atoms with Crippen LogP contribution in [-0.4, -0.2) is 86.1 Å². The predicted octanol–water partition coefficient (Wildman–Crippen LogP) is 4.02. The summed E-state index contributed by atoms with van der Waals surface area (Å²) >= 11 is 0. The number of piperidine rings is 1. The molecule has 2 heterocycles. The number of hydrogen-bond donors (Lipinski definition) is 1. The molecule has 1 aromatic carbocycles. The Morgan fingerprint density at radius 3 is 2.26 bits per heavy atom. The highest BCUT2D eigenvalue weighted by Crippen LogP contribution is 2.19. The minimum absolute atomic E-state index is 0. The summed E-state index contributed by atoms with van der Waals surface area (Å²) in [5, 5.41) is 3.53. The van der Waals surface area contributed by atoms with Crippen LogP contribution in [0.15, 0.2) is 40.9 Å². The predicted molar refractivity (Wildman–Crippen MR) is 144 cm³/mol. The number of rotatable bonds is 7. The standard InChI is InChI=1S/C25H41N5.HI/c1-4-26-25(27-20-22(3)21-29-17-15-28(5-2)16-18-29)30-13-11-24(12-14-30)19-23-9-7-6-8-10-23;/h6-10,19,22H,4-5,11-18,20-21H2,1-3H3,(H,26,27);1H. The third kappa shape index (κ3) is 8.73. The summed E-state index contributed by atoms with van der Waals surface area (Å²) < 4.78 is 0. The first-order chi connectivity index (χ1) is 14.7. The van der Waals surface area contributed by atoms with Gasteiger partial charge in [-0.15, -0.1) is 24.0 Å². The summed E-state index contributed by atoms with van der Waals surface area (Å²) in [5.74, 6) is 1.68. The number of piperazine rings is 1. The molecule has 1 aromatic rings. The Balaban J connectivity index is 0.00000341. The summed E-state index contributed by atoms with van der Waals surface area (Å²) in [6, 6.07) is 10.7. The molecule has 6 heteroatoms. The van der Waals surface area contributed by atoms with Gasteiger partial charge in [-0.3, -0.25) is 4.99 Å². The second kappa shape index (κ2) is 14.1. The Labute approximate surface area is 207 Å². The molecule has 1 atom stereocenters. The number of guanidine groups is 1. The van der Waals surface area contributed by atoms with E-state index in [0.717, 1.165) is 51.5 Å². The van der Waals surface area contributed by atoms with Gasteiger partial charge in [-0.2, -0.15) is 0 Å². The van der Waals surface area contributed by atoms with Crippen LogP contribution in [0.25, 0.3) is 6.08 Å². The maximum atomic E-state index is 5.02. The molecule has 5 nitrogen and oxygen atoms in total. The van der Waals surface area contributed by atoms with Gasteiger partial charge in [0.1, 0.15) is 0 Å². The molecule has 0 amide bonds. The van der Waals surface area contributed by atoms with Crippen molar-refractivity contribution in [2.45, 2.75) is 33.6 Å². The SMILES string of the molecule is CCNC(=NCC(C)CN1CCN(CC)CC1)N1CCC(=Cc2ccccc2)CC1.I. The van der Waals surface area contributed by atoms with Crippen LogP contribution in [-0.2, 0) is 0 Å². The normalized spacial score (nSPS) is 19.6. The number of nitrogens with zero attached hydrogens (tertiary/aromatic N) is 4. The average molecular weight is 540 g/mol. The van der Waals surface area contributed by atoms with Gasteiger partial charge in [-0.1, -0.05) is 55.8 Å². The Morgan fingerprint density at radius 2 is 1.65 bits per heavy atom. The molecule has 0 saturated carbocycles. The first-order valence-corrected chi connectivity index (χ1v) is 11.9. The topological polar surface area (TPSA) is 34.1 Å². The highest BCUT2D eigenvalue weighted by Gasteiger charge is 2.19. The molecule has 2 aliphatic rings. The van der Waals surface area contributed by atoms with Crippen molar-refractivity contribution >= 4 is 36.0 Å². The van der Waals surface area contributed by atoms with Gasteiger partial charge in [0.25, 0.3) is 0 Å². The van der Waals surface area contributed by atoms with E-state index in [4.69, 9.17) is 4.99 Å². The van der Waals surface area contributed by atoms with E-state index in [1.807, 2.05) is 0 Å². The van der Waals surface area contributed by atoms with Crippen LogP contribution in [0.1, 0.15) is 39.2 Å². The summed E-state index contributed by atoms with van der Waals surface area (Å²) in [4.78, 5) is 12.6. The average Bonchev–Trinajstić information content (AvgIpc) is 2.78. The molecular weight excluding hydrogens is 497 g/mol. The van der Waals surface area contributed by atoms with E-state index in [1.165, 1.54) is 38.3 Å². The Bertz CT molecular complexity index is 672. The van der Waals surface area contributed by atoms with Crippen molar-refractivity contribution in [2.24, 2.45) is 10.9 Å². The lowest BCUT2D eigenvalue weighted by molar-refractivity contribution is 0.125. The first kappa shape index (κ1) is 26.1. The van der Waals surface area contributed by atoms with Gasteiger partial charge < -0.3 is 20.0 Å². The van der Waals surface area contributed by atoms with E-state index in [0.29, 0.717) is 5.92 Å². The van der Waals surface area contributed by atoms with Gasteiger partial charge in [0, 0.05) is 58.9 Å². The maximum absolute atomic E-state index is 5.02. The fraction of sp³-hybridized carbons (Fsp3) is 0.640. The van der Waals surface area contributed by atoms with Crippen molar-refractivity contribution in [3.05, 3.63) is 41.5 Å². The summed E-state index contributed by atoms with van der Waals surface area (Å²) in [5.41, 5.74) is 2.86. The van der Waals surface area contributed by atoms with Gasteiger partial charge in [0.05, 0.1) is 0 Å². The Morgan fingerprint density at radius 1 is 1.00 bits per heavy atom. The molecule has 174 valence electrons. The number of halogens is 1. The van der Waals surface area contributed by atoms with Crippen molar-refractivity contribution in [2.75, 3.05) is 65.4 Å². The number of likely N-dealkylation sites (N-methyl/N-ethyl adjacent to an activating group) is 1. The fourth-order valence-electron chi connectivity index (χ4n) is 4.39. The molecule has 2 fully saturated rings. The van der Waals surface area contributed by atoms with E-state index in [-0.39, 0.29) is 24.0 Å². The van der Waals surface area contributed by atoms with Crippen molar-refractivity contribution in [1.29, 1.82) is 0 Å². The third-order valence-corrected chi connectivity index (χ3v) is 6.25. The van der Waals surface area contributed by atoms with Crippen LogP contribution in [0.4, 0.5) is 0 Å². The lowest BCUT2D eigenvalue weighted by Gasteiger charge is -2.35. The van der Waals surface area contributed by atoms with Crippen molar-refractivity contribution in [3.8, 4) is 0 Å². The van der Waals surface area contributed by atoms with Crippen molar-refractivity contribution in [1.82, 2.24) is 20.0 Å². The molecular formula is C25H42IN5. The van der Waals surface area contributed by atoms with E-state index >= 15 is 0 Å². The quantitative estimate of drug-likeness (QED) is 0.323. The monoisotopic (exact) mass is 539 g/mol. The number of aliphatic imine (C=N–C) groups is 1. The molecule has 0 aromatic heterocycles. The van der Waals surface area contributed by atoms with Crippen LogP contribution in [0.5, 0.6) is 0 Å². The first-order valence-electron chi connectivity index (χ1n) is 11.9. The molecule has 0 radical (unpaired) electrons. The second-order valence-corrected chi connectivity index (χ2v) is 8.73. The van der Waals surface area contributed by atoms with E-state index in [2.05, 4.69) is 77.2 Å². The van der Waals surface area contributed by atoms with Crippen LogP contribution in [0, 0.1) is 5.92 Å². The smallest absolute Gasteiger partial charge is 0.193 e. The van der Waals surface area contributed by atoms with E-state index < -0.39 is 0 Å². The van der Waals surface area contributed by atoms with Crippen molar-refractivity contribution in [3.63, 3.8) is 0 Å². The fourth-order valence-corrected chi connectivity index (χ4v) is 4.39. The highest BCUT2D eigenvalue weighted by atomic mass is 127. The van der Waals surface area contributed by atoms with Gasteiger partial charge >= 0.3 is 0 Å². The van der Waals surface area contributed by atoms with Crippen LogP contribution in [0.2, 0.25) is 0 Å². The zero-order chi connectivity index (χ0) is 21.2. The molecule has 0 aliphatic carbocycles. The molecule has 2 saturated heterocycles. The molecule has 0 bridgehead atoms. The second-order valence-electron chi connectivity index (χ2n) is 8.73. The molecule has 0 spiro atoms. The van der Waals surface area contributed by atoms with E-state index in [1.54, 1.807) is 5.57 Å². The summed E-state index contributed by atoms with van der Waals surface area (Å²) in [7, 11) is 0. The van der Waals surface area contributed by atoms with Gasteiger partial charge in [0.2, 0.25) is 0 Å². The number of benzene rings is 1. The zero-order valence-electron chi connectivity index (χ0n) is 19.7. The van der Waals surface area contributed by atoms with Crippen LogP contribution >= 0.6 is 24.0 Å². The number of hydrogen-bond acceptors (Lipinski definition) is 3. The van der Waals surface area contributed by atoms with Crippen molar-refractivity contribution < 1.29 is 0 Å². The summed E-state index contributed by atoms with van der Waals surface area (Å²) in [6.45, 7) is 17.9. The van der Waals surface area contributed by atoms with Gasteiger partial charge in [-0.05, 0) is 37.8 Å². The lowest BCUT2D eigenvalue weighted by Crippen LogP contribution is -2.47. The van der Waals surface area contributed by atoms with Gasteiger partial charge in [0.15, 0.2) is 5.96 Å². The largest absolute Gasteiger partial charge is 0.357 e. The molecule has 3 rings (SSSR count). The molecule has 31 heavy (non-hydrogen) atoms. The zero-order valence-corrected chi connectivity index (χ0v) is 22.1. The highest BCUT2D eigenvalue weighted by molar-refractivity contribution is 14.0. The molecule has 2 aliphatic heterocycles. The Hall–Kier alpha value is -1.12. The number of nitrogens with one attached hydrogen (secondary N) is 1. The van der Waals surface area contributed by atoms with Crippen LogP contribution in [0.3, 0.4) is 0 Å². The minimum Gasteiger partial charge on any atom is -0.357 e. The van der Waals surface area contributed by atoms with Crippen LogP contribution < -0.4 is 5.32 Å². The molecule has 1 unspecified atom stereocenters. The lowest BCUT2D eigenvalue weighted by atomic mass is 10.0. The summed E-state index contributed by atoms with van der Waals surface area (Å²) in [6.07, 6.45) is 4.61. The minimum atomic E-state index is 0. The van der Waals surface area contributed by atoms with E-state index in [9.17, 15) is 0 Å². The Kier molecular flexibility index (Phi) is 11.9.